The molecule has 0 N–H and O–H groups in total. The highest BCUT2D eigenvalue weighted by atomic mass is 32.2. The molecular weight excluding hydrogens is 234 g/mol. The standard InChI is InChI=1S/C9H11NO5S/c1-3-15-9-5-4-7(16(2,13)14)6-8(9)10(11)12/h4-6H,3H2,1-2H3. The third-order valence-corrected chi connectivity index (χ3v) is 2.97. The molecule has 0 amide bonds. The van der Waals surface area contributed by atoms with Gasteiger partial charge in [0.1, 0.15) is 0 Å². The molecule has 0 saturated carbocycles. The first-order valence-corrected chi connectivity index (χ1v) is 6.36. The molecule has 0 aliphatic rings. The maximum absolute atomic E-state index is 11.2. The van der Waals surface area contributed by atoms with E-state index in [4.69, 9.17) is 4.74 Å². The van der Waals surface area contributed by atoms with Gasteiger partial charge < -0.3 is 4.74 Å². The summed E-state index contributed by atoms with van der Waals surface area (Å²) in [7, 11) is -3.45. The van der Waals surface area contributed by atoms with Crippen molar-refractivity contribution in [1.29, 1.82) is 0 Å². The van der Waals surface area contributed by atoms with Crippen molar-refractivity contribution in [1.82, 2.24) is 0 Å². The second-order valence-corrected chi connectivity index (χ2v) is 5.11. The molecule has 0 fully saturated rings. The van der Waals surface area contributed by atoms with Crippen molar-refractivity contribution in [3.05, 3.63) is 28.3 Å². The van der Waals surface area contributed by atoms with Crippen LogP contribution in [0.1, 0.15) is 6.92 Å². The van der Waals surface area contributed by atoms with Gasteiger partial charge in [0.25, 0.3) is 0 Å². The number of nitro groups is 1. The Hall–Kier alpha value is -1.63. The minimum absolute atomic E-state index is 0.0694. The first-order valence-electron chi connectivity index (χ1n) is 4.47. The van der Waals surface area contributed by atoms with Crippen molar-refractivity contribution < 1.29 is 18.1 Å². The summed E-state index contributed by atoms with van der Waals surface area (Å²) in [5.74, 6) is 0.0694. The van der Waals surface area contributed by atoms with Gasteiger partial charge in [0.05, 0.1) is 16.4 Å². The number of nitro benzene ring substituents is 1. The Morgan fingerprint density at radius 1 is 1.44 bits per heavy atom. The van der Waals surface area contributed by atoms with Crippen LogP contribution in [0.25, 0.3) is 0 Å². The highest BCUT2D eigenvalue weighted by molar-refractivity contribution is 7.90. The number of rotatable bonds is 4. The molecule has 0 atom stereocenters. The van der Waals surface area contributed by atoms with E-state index in [1.165, 1.54) is 12.1 Å². The van der Waals surface area contributed by atoms with Crippen molar-refractivity contribution in [3.8, 4) is 5.75 Å². The number of hydrogen-bond acceptors (Lipinski definition) is 5. The Morgan fingerprint density at radius 2 is 2.06 bits per heavy atom. The van der Waals surface area contributed by atoms with Crippen molar-refractivity contribution in [3.63, 3.8) is 0 Å². The third kappa shape index (κ3) is 2.69. The zero-order valence-corrected chi connectivity index (χ0v) is 9.65. The van der Waals surface area contributed by atoms with Gasteiger partial charge in [-0.25, -0.2) is 8.42 Å². The Labute approximate surface area is 92.9 Å². The number of hydrogen-bond donors (Lipinski definition) is 0. The fourth-order valence-corrected chi connectivity index (χ4v) is 1.79. The van der Waals surface area contributed by atoms with Crippen LogP contribution in [0.5, 0.6) is 5.75 Å². The molecule has 0 aliphatic carbocycles. The second kappa shape index (κ2) is 4.48. The topological polar surface area (TPSA) is 86.5 Å². The van der Waals surface area contributed by atoms with E-state index in [-0.39, 0.29) is 22.9 Å². The zero-order valence-electron chi connectivity index (χ0n) is 8.84. The summed E-state index contributed by atoms with van der Waals surface area (Å²) in [4.78, 5) is 9.94. The molecule has 0 aromatic heterocycles. The van der Waals surface area contributed by atoms with E-state index in [9.17, 15) is 18.5 Å². The molecule has 6 nitrogen and oxygen atoms in total. The molecule has 1 aromatic carbocycles. The summed E-state index contributed by atoms with van der Waals surface area (Å²) in [6.45, 7) is 1.97. The summed E-state index contributed by atoms with van der Waals surface area (Å²) >= 11 is 0. The van der Waals surface area contributed by atoms with Crippen molar-refractivity contribution in [2.45, 2.75) is 11.8 Å². The van der Waals surface area contributed by atoms with E-state index in [2.05, 4.69) is 0 Å². The maximum Gasteiger partial charge on any atom is 0.312 e. The van der Waals surface area contributed by atoms with Gasteiger partial charge in [0.15, 0.2) is 15.6 Å². The zero-order chi connectivity index (χ0) is 12.3. The molecule has 7 heteroatoms. The highest BCUT2D eigenvalue weighted by Gasteiger charge is 2.19. The van der Waals surface area contributed by atoms with Crippen LogP contribution >= 0.6 is 0 Å². The molecule has 1 rings (SSSR count). The van der Waals surface area contributed by atoms with Gasteiger partial charge in [-0.2, -0.15) is 0 Å². The van der Waals surface area contributed by atoms with Crippen LogP contribution in [0.4, 0.5) is 5.69 Å². The molecular formula is C9H11NO5S. The lowest BCUT2D eigenvalue weighted by Gasteiger charge is -2.05. The van der Waals surface area contributed by atoms with Gasteiger partial charge >= 0.3 is 5.69 Å². The molecule has 0 aliphatic heterocycles. The minimum Gasteiger partial charge on any atom is -0.487 e. The quantitative estimate of drug-likeness (QED) is 0.591. The van der Waals surface area contributed by atoms with Crippen LogP contribution in [0.3, 0.4) is 0 Å². The van der Waals surface area contributed by atoms with Crippen LogP contribution in [-0.4, -0.2) is 26.2 Å². The second-order valence-electron chi connectivity index (χ2n) is 3.09. The van der Waals surface area contributed by atoms with Gasteiger partial charge in [-0.1, -0.05) is 0 Å². The van der Waals surface area contributed by atoms with Crippen LogP contribution < -0.4 is 4.74 Å². The Kier molecular flexibility index (Phi) is 3.48. The summed E-state index contributed by atoms with van der Waals surface area (Å²) in [6, 6.07) is 3.58. The monoisotopic (exact) mass is 245 g/mol. The number of sulfone groups is 1. The smallest absolute Gasteiger partial charge is 0.312 e. The van der Waals surface area contributed by atoms with Crippen LogP contribution in [0.2, 0.25) is 0 Å². The van der Waals surface area contributed by atoms with Crippen molar-refractivity contribution >= 4 is 15.5 Å². The minimum atomic E-state index is -3.45. The average Bonchev–Trinajstić information content (AvgIpc) is 2.16. The predicted octanol–water partition coefficient (Wildman–Crippen LogP) is 1.40. The van der Waals surface area contributed by atoms with Crippen LogP contribution in [0, 0.1) is 10.1 Å². The van der Waals surface area contributed by atoms with Gasteiger partial charge in [-0.15, -0.1) is 0 Å². The third-order valence-electron chi connectivity index (χ3n) is 1.86. The molecule has 0 bridgehead atoms. The number of nitrogens with zero attached hydrogens (tertiary/aromatic N) is 1. The SMILES string of the molecule is CCOc1ccc(S(C)(=O)=O)cc1[N+](=O)[O-]. The largest absolute Gasteiger partial charge is 0.487 e. The Bertz CT molecular complexity index is 509. The summed E-state index contributed by atoms with van der Waals surface area (Å²) in [5.41, 5.74) is -0.343. The first-order chi connectivity index (χ1) is 7.36. The fourth-order valence-electron chi connectivity index (χ4n) is 1.15. The predicted molar refractivity (Wildman–Crippen MR) is 57.4 cm³/mol. The molecule has 0 saturated heterocycles. The Morgan fingerprint density at radius 3 is 2.50 bits per heavy atom. The lowest BCUT2D eigenvalue weighted by atomic mass is 10.3. The summed E-state index contributed by atoms with van der Waals surface area (Å²) < 4.78 is 27.5. The van der Waals surface area contributed by atoms with E-state index in [1.807, 2.05) is 0 Å². The van der Waals surface area contributed by atoms with Crippen molar-refractivity contribution in [2.24, 2.45) is 0 Å². The molecule has 88 valence electrons. The molecule has 0 heterocycles. The molecule has 0 unspecified atom stereocenters. The van der Waals surface area contributed by atoms with E-state index in [1.54, 1.807) is 6.92 Å². The number of ether oxygens (including phenoxy) is 1. The summed E-state index contributed by atoms with van der Waals surface area (Å²) in [6.07, 6.45) is 0.992. The Balaban J connectivity index is 3.34. The van der Waals surface area contributed by atoms with E-state index in [0.717, 1.165) is 12.3 Å². The van der Waals surface area contributed by atoms with Gasteiger partial charge in [0.2, 0.25) is 0 Å². The fraction of sp³-hybridized carbons (Fsp3) is 0.333. The average molecular weight is 245 g/mol. The van der Waals surface area contributed by atoms with E-state index >= 15 is 0 Å². The van der Waals surface area contributed by atoms with E-state index in [0.29, 0.717) is 0 Å². The number of benzene rings is 1. The molecule has 0 spiro atoms. The van der Waals surface area contributed by atoms with Crippen LogP contribution in [-0.2, 0) is 9.84 Å². The van der Waals surface area contributed by atoms with Gasteiger partial charge in [0, 0.05) is 12.3 Å². The lowest BCUT2D eigenvalue weighted by Crippen LogP contribution is -2.01. The highest BCUT2D eigenvalue weighted by Crippen LogP contribution is 2.29. The molecule has 16 heavy (non-hydrogen) atoms. The molecule has 0 radical (unpaired) electrons. The summed E-state index contributed by atoms with van der Waals surface area (Å²) in [5, 5.41) is 10.7. The maximum atomic E-state index is 11.2. The van der Waals surface area contributed by atoms with Crippen molar-refractivity contribution in [2.75, 3.05) is 12.9 Å². The van der Waals surface area contributed by atoms with Crippen LogP contribution in [0.15, 0.2) is 23.1 Å². The lowest BCUT2D eigenvalue weighted by molar-refractivity contribution is -0.386. The normalized spacial score (nSPS) is 11.1. The van der Waals surface area contributed by atoms with E-state index < -0.39 is 14.8 Å². The first kappa shape index (κ1) is 12.4. The molecule has 1 aromatic rings. The van der Waals surface area contributed by atoms with Gasteiger partial charge in [-0.05, 0) is 19.1 Å². The van der Waals surface area contributed by atoms with Gasteiger partial charge in [-0.3, -0.25) is 10.1 Å².